The number of esters is 2. The van der Waals surface area contributed by atoms with Crippen molar-refractivity contribution in [3.8, 4) is 11.5 Å². The third kappa shape index (κ3) is 8.40. The molecule has 0 saturated heterocycles. The van der Waals surface area contributed by atoms with Crippen LogP contribution in [0.25, 0.3) is 0 Å². The number of hydrogen-bond acceptors (Lipinski definition) is 4. The molecule has 124 valence electrons. The molecule has 0 fully saturated rings. The number of benzene rings is 2. The van der Waals surface area contributed by atoms with Gasteiger partial charge in [-0.25, -0.2) is 0 Å². The predicted molar refractivity (Wildman–Crippen MR) is 96.1 cm³/mol. The van der Waals surface area contributed by atoms with Crippen LogP contribution in [-0.2, 0) is 23.1 Å². The van der Waals surface area contributed by atoms with E-state index in [-0.39, 0.29) is 25.4 Å². The molecule has 0 N–H and O–H groups in total. The van der Waals surface area contributed by atoms with Gasteiger partial charge in [0.2, 0.25) is 0 Å². The van der Waals surface area contributed by atoms with Crippen molar-refractivity contribution in [3.05, 3.63) is 60.7 Å². The number of ether oxygens (including phenoxy) is 2. The van der Waals surface area contributed by atoms with Gasteiger partial charge in [0.05, 0.1) is 0 Å². The summed E-state index contributed by atoms with van der Waals surface area (Å²) in [7, 11) is 0. The molecule has 0 bridgehead atoms. The van der Waals surface area contributed by atoms with E-state index in [0.717, 1.165) is 8.87 Å². The summed E-state index contributed by atoms with van der Waals surface area (Å²) in [5.41, 5.74) is 0. The zero-order valence-electron chi connectivity index (χ0n) is 13.1. The monoisotopic (exact) mass is 450 g/mol. The van der Waals surface area contributed by atoms with Gasteiger partial charge in [-0.15, -0.1) is 0 Å². The van der Waals surface area contributed by atoms with Gasteiger partial charge in [-0.2, -0.15) is 0 Å². The van der Waals surface area contributed by atoms with Crippen LogP contribution >= 0.6 is 0 Å². The van der Waals surface area contributed by atoms with Gasteiger partial charge >= 0.3 is 146 Å². The fraction of sp³-hybridized carbons (Fsp3) is 0.222. The topological polar surface area (TPSA) is 52.6 Å². The molecule has 2 rings (SSSR count). The molecule has 0 atom stereocenters. The number of carbonyl (C=O) groups is 2. The average Bonchev–Trinajstić information content (AvgIpc) is 2.56. The van der Waals surface area contributed by atoms with Crippen LogP contribution in [0.4, 0.5) is 0 Å². The summed E-state index contributed by atoms with van der Waals surface area (Å²) in [4.78, 5) is 23.3. The van der Waals surface area contributed by atoms with Crippen LogP contribution in [0.5, 0.6) is 11.5 Å². The van der Waals surface area contributed by atoms with Gasteiger partial charge in [0.25, 0.3) is 0 Å². The minimum Gasteiger partial charge on any atom is -2.00 e. The van der Waals surface area contributed by atoms with Crippen LogP contribution in [0, 0.1) is 0 Å². The molecule has 24 heavy (non-hydrogen) atoms. The molecular formula is C18H18O4SSn. The van der Waals surface area contributed by atoms with Crippen molar-refractivity contribution in [2.24, 2.45) is 0 Å². The summed E-state index contributed by atoms with van der Waals surface area (Å²) >= 11 is -0.732. The van der Waals surface area contributed by atoms with E-state index in [1.54, 1.807) is 24.3 Å². The minimum absolute atomic E-state index is 0. The molecule has 0 radical (unpaired) electrons. The molecule has 0 aliphatic carbocycles. The molecule has 2 aromatic rings. The Kier molecular flexibility index (Phi) is 10.3. The molecule has 0 unspecified atom stereocenters. The first-order valence-corrected chi connectivity index (χ1v) is 11.5. The fourth-order valence-electron chi connectivity index (χ4n) is 1.85. The second-order valence-electron chi connectivity index (χ2n) is 4.82. The number of rotatable bonds is 8. The number of carbonyl (C=O) groups excluding carboxylic acids is 2. The van der Waals surface area contributed by atoms with E-state index in [0.29, 0.717) is 24.3 Å². The smallest absolute Gasteiger partial charge is 2.00 e. The Bertz CT molecular complexity index is 564. The Morgan fingerprint density at radius 1 is 0.708 bits per heavy atom. The van der Waals surface area contributed by atoms with Crippen LogP contribution in [0.15, 0.2) is 60.7 Å². The molecule has 6 heteroatoms. The summed E-state index contributed by atoms with van der Waals surface area (Å²) < 4.78 is 12.2. The van der Waals surface area contributed by atoms with Crippen molar-refractivity contribution >= 4 is 46.6 Å². The Balaban J connectivity index is 0.00000288. The second kappa shape index (κ2) is 12.0. The third-order valence-electron chi connectivity index (χ3n) is 2.96. The first kappa shape index (κ1) is 20.6. The van der Waals surface area contributed by atoms with Gasteiger partial charge in [-0.3, -0.25) is 0 Å². The number of hydrogen-bond donors (Lipinski definition) is 0. The van der Waals surface area contributed by atoms with E-state index < -0.39 is 21.1 Å². The normalized spacial score (nSPS) is 9.33. The molecule has 0 aliphatic heterocycles. The third-order valence-corrected chi connectivity index (χ3v) is 6.41. The zero-order chi connectivity index (χ0) is 16.3. The van der Waals surface area contributed by atoms with Gasteiger partial charge < -0.3 is 13.5 Å². The first-order valence-electron chi connectivity index (χ1n) is 7.46. The van der Waals surface area contributed by atoms with Crippen LogP contribution in [0.2, 0.25) is 8.87 Å². The van der Waals surface area contributed by atoms with Crippen molar-refractivity contribution in [1.82, 2.24) is 0 Å². The average molecular weight is 449 g/mol. The second-order valence-corrected chi connectivity index (χ2v) is 9.11. The van der Waals surface area contributed by atoms with Crippen molar-refractivity contribution in [2.75, 3.05) is 0 Å². The predicted octanol–water partition coefficient (Wildman–Crippen LogP) is 3.52. The van der Waals surface area contributed by atoms with Gasteiger partial charge in [0.1, 0.15) is 0 Å². The quantitative estimate of drug-likeness (QED) is 0.268. The standard InChI is InChI=1S/2C9H9O2.S.Sn/c2*1-2-9(10)11-8-6-4-3-5-7-8;;/h2*3-7H,1-2H2;;/q;;-2;+2. The molecule has 0 aromatic heterocycles. The maximum absolute atomic E-state index is 11.7. The van der Waals surface area contributed by atoms with E-state index in [1.165, 1.54) is 0 Å². The zero-order valence-corrected chi connectivity index (χ0v) is 16.8. The first-order chi connectivity index (χ1) is 11.2. The van der Waals surface area contributed by atoms with Crippen molar-refractivity contribution < 1.29 is 19.1 Å². The Morgan fingerprint density at radius 3 is 1.46 bits per heavy atom. The van der Waals surface area contributed by atoms with Gasteiger partial charge in [-0.05, 0) is 0 Å². The molecule has 0 amide bonds. The van der Waals surface area contributed by atoms with Crippen LogP contribution in [0.1, 0.15) is 12.8 Å². The molecule has 0 saturated carbocycles. The summed E-state index contributed by atoms with van der Waals surface area (Å²) in [6.45, 7) is 0. The van der Waals surface area contributed by atoms with Gasteiger partial charge in [0, 0.05) is 0 Å². The maximum Gasteiger partial charge on any atom is -2.00 e. The Morgan fingerprint density at radius 2 is 1.08 bits per heavy atom. The largest absolute Gasteiger partial charge is 2.00 e. The molecule has 4 nitrogen and oxygen atoms in total. The van der Waals surface area contributed by atoms with Crippen LogP contribution in [0.3, 0.4) is 0 Å². The van der Waals surface area contributed by atoms with Crippen LogP contribution in [-0.4, -0.2) is 33.1 Å². The van der Waals surface area contributed by atoms with E-state index in [9.17, 15) is 9.59 Å². The summed E-state index contributed by atoms with van der Waals surface area (Å²) in [5, 5.41) is 0. The molecule has 0 aliphatic rings. The number of para-hydroxylation sites is 2. The fourth-order valence-corrected chi connectivity index (χ4v) is 4.74. The maximum atomic E-state index is 11.7. The van der Waals surface area contributed by atoms with Gasteiger partial charge in [-0.1, -0.05) is 0 Å². The molecule has 0 spiro atoms. The Hall–Kier alpha value is -1.47. The summed E-state index contributed by atoms with van der Waals surface area (Å²) in [5.74, 6) is 0.747. The Labute approximate surface area is 159 Å². The summed E-state index contributed by atoms with van der Waals surface area (Å²) in [6, 6.07) is 18.1. The SMILES string of the molecule is O=C(C[CH2][Sn+2][CH2]CC(=O)Oc1ccccc1)Oc1ccccc1.[S-2]. The van der Waals surface area contributed by atoms with E-state index in [1.807, 2.05) is 36.4 Å². The molecule has 2 aromatic carbocycles. The molecule has 0 heterocycles. The van der Waals surface area contributed by atoms with E-state index in [2.05, 4.69) is 0 Å². The van der Waals surface area contributed by atoms with Gasteiger partial charge in [0.15, 0.2) is 0 Å². The van der Waals surface area contributed by atoms with Crippen molar-refractivity contribution in [1.29, 1.82) is 0 Å². The summed E-state index contributed by atoms with van der Waals surface area (Å²) in [6.07, 6.45) is 0.851. The molecular weight excluding hydrogens is 431 g/mol. The van der Waals surface area contributed by atoms with Crippen molar-refractivity contribution in [2.45, 2.75) is 21.7 Å². The van der Waals surface area contributed by atoms with E-state index >= 15 is 0 Å². The van der Waals surface area contributed by atoms with Crippen molar-refractivity contribution in [3.63, 3.8) is 0 Å². The van der Waals surface area contributed by atoms with E-state index in [4.69, 9.17) is 9.47 Å². The minimum atomic E-state index is -0.732. The van der Waals surface area contributed by atoms with Crippen LogP contribution < -0.4 is 9.47 Å².